The maximum absolute atomic E-state index is 10.9. The van der Waals surface area contributed by atoms with Gasteiger partial charge >= 0.3 is 0 Å². The molecule has 1 amide bonds. The zero-order chi connectivity index (χ0) is 13.7. The number of amides is 1. The topological polar surface area (TPSA) is 69.4 Å². The van der Waals surface area contributed by atoms with Crippen LogP contribution in [0.2, 0.25) is 0 Å². The lowest BCUT2D eigenvalue weighted by Crippen LogP contribution is -2.21. The molecule has 0 fully saturated rings. The van der Waals surface area contributed by atoms with E-state index in [4.69, 9.17) is 10.5 Å². The summed E-state index contributed by atoms with van der Waals surface area (Å²) in [5.74, 6) is 0.151. The number of hydrogen-bond donors (Lipinski definition) is 1. The first kappa shape index (κ1) is 13.1. The summed E-state index contributed by atoms with van der Waals surface area (Å²) in [6.45, 7) is 0. The second kappa shape index (κ2) is 6.00. The van der Waals surface area contributed by atoms with Crippen molar-refractivity contribution in [2.24, 2.45) is 5.73 Å². The number of hydrogen-bond acceptors (Lipinski definition) is 3. The molecule has 2 rings (SSSR count). The van der Waals surface area contributed by atoms with Crippen LogP contribution in [0.15, 0.2) is 42.5 Å². The van der Waals surface area contributed by atoms with Crippen molar-refractivity contribution in [2.45, 2.75) is 18.9 Å². The lowest BCUT2D eigenvalue weighted by atomic mass is 10.1. The van der Waals surface area contributed by atoms with Crippen molar-refractivity contribution in [3.63, 3.8) is 0 Å². The van der Waals surface area contributed by atoms with Crippen molar-refractivity contribution in [2.75, 3.05) is 0 Å². The minimum absolute atomic E-state index is 0.102. The molecule has 0 aliphatic rings. The monoisotopic (exact) mass is 256 g/mol. The number of carbonyl (C=O) groups is 1. The summed E-state index contributed by atoms with van der Waals surface area (Å²) >= 11 is 0. The Kier molecular flexibility index (Phi) is 4.13. The van der Waals surface area contributed by atoms with E-state index in [2.05, 4.69) is 0 Å². The summed E-state index contributed by atoms with van der Waals surface area (Å²) in [4.78, 5) is 21.6. The van der Waals surface area contributed by atoms with Gasteiger partial charge in [0, 0.05) is 18.2 Å². The van der Waals surface area contributed by atoms with Crippen LogP contribution in [0.1, 0.15) is 12.8 Å². The molecule has 0 aliphatic heterocycles. The SMILES string of the molecule is NC(=O)CCC([C]=O)Oc1cccc2ccccc12. The van der Waals surface area contributed by atoms with Gasteiger partial charge in [-0.25, -0.2) is 0 Å². The maximum atomic E-state index is 10.9. The van der Waals surface area contributed by atoms with Crippen LogP contribution in [-0.4, -0.2) is 18.3 Å². The molecule has 19 heavy (non-hydrogen) atoms. The summed E-state index contributed by atoms with van der Waals surface area (Å²) in [6.07, 6.45) is 1.35. The number of nitrogens with two attached hydrogens (primary N) is 1. The van der Waals surface area contributed by atoms with E-state index in [9.17, 15) is 9.59 Å². The molecule has 0 bridgehead atoms. The smallest absolute Gasteiger partial charge is 0.242 e. The van der Waals surface area contributed by atoms with Crippen molar-refractivity contribution in [3.8, 4) is 5.75 Å². The molecule has 4 heteroatoms. The van der Waals surface area contributed by atoms with E-state index in [1.165, 1.54) is 0 Å². The van der Waals surface area contributed by atoms with Crippen LogP contribution < -0.4 is 10.5 Å². The summed E-state index contributed by atoms with van der Waals surface area (Å²) in [7, 11) is 0. The van der Waals surface area contributed by atoms with Gasteiger partial charge in [-0.3, -0.25) is 9.59 Å². The minimum atomic E-state index is -0.779. The van der Waals surface area contributed by atoms with Crippen LogP contribution in [-0.2, 0) is 9.59 Å². The molecule has 2 N–H and O–H groups in total. The van der Waals surface area contributed by atoms with Crippen molar-refractivity contribution in [1.29, 1.82) is 0 Å². The molecule has 97 valence electrons. The highest BCUT2D eigenvalue weighted by molar-refractivity contribution is 5.88. The molecule has 4 nitrogen and oxygen atoms in total. The number of rotatable bonds is 6. The number of carbonyl (C=O) groups excluding carboxylic acids is 2. The molecular weight excluding hydrogens is 242 g/mol. The van der Waals surface area contributed by atoms with Crippen molar-refractivity contribution < 1.29 is 14.3 Å². The van der Waals surface area contributed by atoms with Gasteiger partial charge in [0.15, 0.2) is 6.10 Å². The summed E-state index contributed by atoms with van der Waals surface area (Å²) in [5, 5.41) is 1.95. The van der Waals surface area contributed by atoms with Gasteiger partial charge in [-0.05, 0) is 11.5 Å². The molecule has 0 aliphatic carbocycles. The Balaban J connectivity index is 2.19. The predicted molar refractivity (Wildman–Crippen MR) is 72.5 cm³/mol. The fraction of sp³-hybridized carbons (Fsp3) is 0.200. The Morgan fingerprint density at radius 2 is 1.95 bits per heavy atom. The zero-order valence-corrected chi connectivity index (χ0v) is 10.3. The van der Waals surface area contributed by atoms with Crippen molar-refractivity contribution >= 4 is 23.0 Å². The molecular formula is C15H14NO3. The van der Waals surface area contributed by atoms with Gasteiger partial charge in [-0.15, -0.1) is 0 Å². The molecule has 1 radical (unpaired) electrons. The third-order valence-electron chi connectivity index (χ3n) is 2.80. The molecule has 1 unspecified atom stereocenters. The second-order valence-corrected chi connectivity index (χ2v) is 4.21. The van der Waals surface area contributed by atoms with E-state index >= 15 is 0 Å². The molecule has 0 aromatic heterocycles. The fourth-order valence-corrected chi connectivity index (χ4v) is 1.87. The van der Waals surface area contributed by atoms with Gasteiger partial charge < -0.3 is 10.5 Å². The van der Waals surface area contributed by atoms with Gasteiger partial charge in [0.05, 0.1) is 0 Å². The standard InChI is InChI=1S/C15H14NO3/c16-15(18)9-8-12(10-17)19-14-7-3-5-11-4-1-2-6-13(11)14/h1-7,12H,8-9H2,(H2,16,18). The lowest BCUT2D eigenvalue weighted by molar-refractivity contribution is -0.118. The first-order valence-corrected chi connectivity index (χ1v) is 6.01. The molecule has 2 aromatic carbocycles. The van der Waals surface area contributed by atoms with Gasteiger partial charge in [0.2, 0.25) is 12.2 Å². The van der Waals surface area contributed by atoms with E-state index < -0.39 is 12.0 Å². The Labute approximate surface area is 111 Å². The third-order valence-corrected chi connectivity index (χ3v) is 2.80. The van der Waals surface area contributed by atoms with Crippen LogP contribution in [0.3, 0.4) is 0 Å². The molecule has 1 atom stereocenters. The maximum Gasteiger partial charge on any atom is 0.242 e. The van der Waals surface area contributed by atoms with E-state index in [0.29, 0.717) is 5.75 Å². The lowest BCUT2D eigenvalue weighted by Gasteiger charge is -2.14. The average molecular weight is 256 g/mol. The normalized spacial score (nSPS) is 12.0. The quantitative estimate of drug-likeness (QED) is 0.859. The number of benzene rings is 2. The van der Waals surface area contributed by atoms with E-state index in [1.54, 1.807) is 12.4 Å². The molecule has 0 saturated carbocycles. The van der Waals surface area contributed by atoms with Gasteiger partial charge in [0.25, 0.3) is 0 Å². The highest BCUT2D eigenvalue weighted by Crippen LogP contribution is 2.26. The Bertz CT molecular complexity index is 589. The summed E-state index contributed by atoms with van der Waals surface area (Å²) in [6, 6.07) is 13.3. The Morgan fingerprint density at radius 1 is 1.21 bits per heavy atom. The molecule has 2 aromatic rings. The van der Waals surface area contributed by atoms with Gasteiger partial charge in [-0.2, -0.15) is 0 Å². The molecule has 0 spiro atoms. The Hall–Kier alpha value is -2.36. The molecule has 0 heterocycles. The fourth-order valence-electron chi connectivity index (χ4n) is 1.87. The Morgan fingerprint density at radius 3 is 2.68 bits per heavy atom. The zero-order valence-electron chi connectivity index (χ0n) is 10.3. The van der Waals surface area contributed by atoms with E-state index in [0.717, 1.165) is 10.8 Å². The van der Waals surface area contributed by atoms with Gasteiger partial charge in [-0.1, -0.05) is 36.4 Å². The number of ether oxygens (including phenoxy) is 1. The van der Waals surface area contributed by atoms with Crippen LogP contribution in [0.4, 0.5) is 0 Å². The van der Waals surface area contributed by atoms with Crippen molar-refractivity contribution in [3.05, 3.63) is 42.5 Å². The predicted octanol–water partition coefficient (Wildman–Crippen LogP) is 1.96. The van der Waals surface area contributed by atoms with Crippen LogP contribution in [0, 0.1) is 0 Å². The van der Waals surface area contributed by atoms with Crippen LogP contribution in [0.25, 0.3) is 10.8 Å². The third kappa shape index (κ3) is 3.31. The largest absolute Gasteiger partial charge is 0.481 e. The summed E-state index contributed by atoms with van der Waals surface area (Å²) in [5.41, 5.74) is 5.06. The highest BCUT2D eigenvalue weighted by Gasteiger charge is 2.13. The first-order valence-electron chi connectivity index (χ1n) is 6.01. The van der Waals surface area contributed by atoms with E-state index in [1.807, 2.05) is 36.4 Å². The second-order valence-electron chi connectivity index (χ2n) is 4.21. The van der Waals surface area contributed by atoms with Crippen LogP contribution in [0.5, 0.6) is 5.75 Å². The average Bonchev–Trinajstić information content (AvgIpc) is 2.43. The van der Waals surface area contributed by atoms with E-state index in [-0.39, 0.29) is 12.8 Å². The number of fused-ring (bicyclic) bond motifs is 1. The minimum Gasteiger partial charge on any atom is -0.481 e. The highest BCUT2D eigenvalue weighted by atomic mass is 16.5. The number of primary amides is 1. The van der Waals surface area contributed by atoms with Crippen molar-refractivity contribution in [1.82, 2.24) is 0 Å². The first-order chi connectivity index (χ1) is 9.20. The van der Waals surface area contributed by atoms with Crippen LogP contribution >= 0.6 is 0 Å². The molecule has 0 saturated heterocycles. The van der Waals surface area contributed by atoms with Gasteiger partial charge in [0.1, 0.15) is 5.75 Å². The summed E-state index contributed by atoms with van der Waals surface area (Å²) < 4.78 is 5.60.